The molecular formula is C12H21N3O2S. The molecule has 18 heavy (non-hydrogen) atoms. The molecule has 0 spiro atoms. The monoisotopic (exact) mass is 271 g/mol. The molecule has 5 nitrogen and oxygen atoms in total. The Bertz CT molecular complexity index is 521. The molecule has 0 aromatic carbocycles. The zero-order chi connectivity index (χ0) is 13.3. The SMILES string of the molecule is CNC(Cc1cc(C)nn1C)C1CCS(=O)(=O)C1. The summed E-state index contributed by atoms with van der Waals surface area (Å²) < 4.78 is 25.0. The Hall–Kier alpha value is -0.880. The first-order valence-electron chi connectivity index (χ1n) is 6.28. The van der Waals surface area contributed by atoms with Crippen LogP contribution in [0.25, 0.3) is 0 Å². The van der Waals surface area contributed by atoms with Crippen LogP contribution in [0.4, 0.5) is 0 Å². The van der Waals surface area contributed by atoms with Crippen LogP contribution in [0.15, 0.2) is 6.07 Å². The highest BCUT2D eigenvalue weighted by Crippen LogP contribution is 2.23. The second-order valence-electron chi connectivity index (χ2n) is 5.16. The normalized spacial score (nSPS) is 24.3. The molecule has 2 unspecified atom stereocenters. The van der Waals surface area contributed by atoms with Crippen LogP contribution in [0.3, 0.4) is 0 Å². The van der Waals surface area contributed by atoms with E-state index < -0.39 is 9.84 Å². The van der Waals surface area contributed by atoms with E-state index in [9.17, 15) is 8.42 Å². The predicted molar refractivity (Wildman–Crippen MR) is 71.3 cm³/mol. The molecule has 0 aliphatic carbocycles. The Balaban J connectivity index is 2.08. The molecule has 0 radical (unpaired) electrons. The van der Waals surface area contributed by atoms with E-state index >= 15 is 0 Å². The van der Waals surface area contributed by atoms with Crippen molar-refractivity contribution in [3.8, 4) is 0 Å². The Morgan fingerprint density at radius 2 is 2.33 bits per heavy atom. The highest BCUT2D eigenvalue weighted by atomic mass is 32.2. The number of sulfone groups is 1. The maximum atomic E-state index is 11.5. The fraction of sp³-hybridized carbons (Fsp3) is 0.750. The topological polar surface area (TPSA) is 64.0 Å². The Labute approximate surface area is 108 Å². The first-order chi connectivity index (χ1) is 8.41. The zero-order valence-corrected chi connectivity index (χ0v) is 12.0. The Morgan fingerprint density at radius 1 is 1.61 bits per heavy atom. The third-order valence-electron chi connectivity index (χ3n) is 3.74. The van der Waals surface area contributed by atoms with Gasteiger partial charge in [0, 0.05) is 25.2 Å². The standard InChI is InChI=1S/C12H21N3O2S/c1-9-6-11(15(3)14-9)7-12(13-2)10-4-5-18(16,17)8-10/h6,10,12-13H,4-5,7-8H2,1-3H3. The molecule has 102 valence electrons. The van der Waals surface area contributed by atoms with E-state index in [-0.39, 0.29) is 12.0 Å². The first kappa shape index (κ1) is 13.5. The van der Waals surface area contributed by atoms with Crippen molar-refractivity contribution in [2.24, 2.45) is 13.0 Å². The summed E-state index contributed by atoms with van der Waals surface area (Å²) in [5.74, 6) is 0.866. The average Bonchev–Trinajstić information content (AvgIpc) is 2.78. The highest BCUT2D eigenvalue weighted by molar-refractivity contribution is 7.91. The molecule has 0 amide bonds. The van der Waals surface area contributed by atoms with E-state index in [4.69, 9.17) is 0 Å². The largest absolute Gasteiger partial charge is 0.316 e. The van der Waals surface area contributed by atoms with Crippen molar-refractivity contribution >= 4 is 9.84 Å². The number of rotatable bonds is 4. The van der Waals surface area contributed by atoms with Crippen LogP contribution in [-0.4, -0.2) is 42.8 Å². The maximum Gasteiger partial charge on any atom is 0.150 e. The number of nitrogens with zero attached hydrogens (tertiary/aromatic N) is 2. The van der Waals surface area contributed by atoms with Crippen LogP contribution in [0, 0.1) is 12.8 Å². The lowest BCUT2D eigenvalue weighted by molar-refractivity contribution is 0.395. The van der Waals surface area contributed by atoms with Gasteiger partial charge < -0.3 is 5.32 Å². The molecule has 1 saturated heterocycles. The highest BCUT2D eigenvalue weighted by Gasteiger charge is 2.33. The number of hydrogen-bond donors (Lipinski definition) is 1. The molecule has 2 heterocycles. The van der Waals surface area contributed by atoms with Crippen LogP contribution in [-0.2, 0) is 23.3 Å². The summed E-state index contributed by atoms with van der Waals surface area (Å²) in [5.41, 5.74) is 2.15. The lowest BCUT2D eigenvalue weighted by atomic mass is 9.95. The maximum absolute atomic E-state index is 11.5. The van der Waals surface area contributed by atoms with Crippen molar-refractivity contribution in [1.29, 1.82) is 0 Å². The van der Waals surface area contributed by atoms with Gasteiger partial charge in [0.25, 0.3) is 0 Å². The minimum atomic E-state index is -2.81. The van der Waals surface area contributed by atoms with Crippen molar-refractivity contribution in [2.45, 2.75) is 25.8 Å². The molecule has 1 fully saturated rings. The van der Waals surface area contributed by atoms with Crippen molar-refractivity contribution in [2.75, 3.05) is 18.6 Å². The van der Waals surface area contributed by atoms with Gasteiger partial charge in [-0.05, 0) is 32.4 Å². The van der Waals surface area contributed by atoms with Gasteiger partial charge in [0.2, 0.25) is 0 Å². The molecular weight excluding hydrogens is 250 g/mol. The summed E-state index contributed by atoms with van der Waals surface area (Å²) in [4.78, 5) is 0. The smallest absolute Gasteiger partial charge is 0.150 e. The van der Waals surface area contributed by atoms with Crippen molar-refractivity contribution in [3.63, 3.8) is 0 Å². The van der Waals surface area contributed by atoms with Crippen molar-refractivity contribution in [1.82, 2.24) is 15.1 Å². The third-order valence-corrected chi connectivity index (χ3v) is 5.53. The lowest BCUT2D eigenvalue weighted by Crippen LogP contribution is -2.36. The van der Waals surface area contributed by atoms with Gasteiger partial charge in [-0.2, -0.15) is 5.10 Å². The number of hydrogen-bond acceptors (Lipinski definition) is 4. The van der Waals surface area contributed by atoms with Gasteiger partial charge >= 0.3 is 0 Å². The van der Waals surface area contributed by atoms with Crippen molar-refractivity contribution in [3.05, 3.63) is 17.5 Å². The van der Waals surface area contributed by atoms with Gasteiger partial charge in [0.1, 0.15) is 0 Å². The van der Waals surface area contributed by atoms with Gasteiger partial charge in [0.05, 0.1) is 17.2 Å². The van der Waals surface area contributed by atoms with E-state index in [0.29, 0.717) is 11.5 Å². The van der Waals surface area contributed by atoms with Gasteiger partial charge in [0.15, 0.2) is 9.84 Å². The third kappa shape index (κ3) is 2.92. The summed E-state index contributed by atoms with van der Waals surface area (Å²) in [6.07, 6.45) is 1.60. The van der Waals surface area contributed by atoms with Gasteiger partial charge in [-0.15, -0.1) is 0 Å². The number of likely N-dealkylation sites (N-methyl/N-ethyl adjacent to an activating group) is 1. The minimum Gasteiger partial charge on any atom is -0.316 e. The van der Waals surface area contributed by atoms with Crippen LogP contribution >= 0.6 is 0 Å². The predicted octanol–water partition coefficient (Wildman–Crippen LogP) is 0.294. The average molecular weight is 271 g/mol. The Morgan fingerprint density at radius 3 is 2.78 bits per heavy atom. The molecule has 1 aromatic heterocycles. The van der Waals surface area contributed by atoms with E-state index in [1.807, 2.05) is 25.7 Å². The molecule has 1 aliphatic rings. The van der Waals surface area contributed by atoms with E-state index in [1.54, 1.807) is 0 Å². The number of nitrogens with one attached hydrogen (secondary N) is 1. The zero-order valence-electron chi connectivity index (χ0n) is 11.2. The molecule has 1 aliphatic heterocycles. The molecule has 0 saturated carbocycles. The van der Waals surface area contributed by atoms with E-state index in [1.165, 1.54) is 0 Å². The molecule has 0 bridgehead atoms. The fourth-order valence-corrected chi connectivity index (χ4v) is 4.61. The second kappa shape index (κ2) is 5.01. The number of aryl methyl sites for hydroxylation is 2. The summed E-state index contributed by atoms with van der Waals surface area (Å²) in [5, 5.41) is 7.59. The quantitative estimate of drug-likeness (QED) is 0.855. The Kier molecular flexibility index (Phi) is 3.77. The van der Waals surface area contributed by atoms with Crippen LogP contribution in [0.1, 0.15) is 17.8 Å². The summed E-state index contributed by atoms with van der Waals surface area (Å²) in [6, 6.07) is 2.27. The summed E-state index contributed by atoms with van der Waals surface area (Å²) >= 11 is 0. The lowest BCUT2D eigenvalue weighted by Gasteiger charge is -2.21. The minimum absolute atomic E-state index is 0.206. The molecule has 1 N–H and O–H groups in total. The second-order valence-corrected chi connectivity index (χ2v) is 7.39. The van der Waals surface area contributed by atoms with Crippen LogP contribution in [0.5, 0.6) is 0 Å². The van der Waals surface area contributed by atoms with E-state index in [0.717, 1.165) is 24.2 Å². The molecule has 1 aromatic rings. The summed E-state index contributed by atoms with van der Waals surface area (Å²) in [7, 11) is 1.02. The number of aromatic nitrogens is 2. The molecule has 2 rings (SSSR count). The molecule has 6 heteroatoms. The summed E-state index contributed by atoms with van der Waals surface area (Å²) in [6.45, 7) is 1.97. The van der Waals surface area contributed by atoms with Gasteiger partial charge in [-0.1, -0.05) is 0 Å². The van der Waals surface area contributed by atoms with E-state index in [2.05, 4.69) is 16.5 Å². The van der Waals surface area contributed by atoms with Crippen LogP contribution < -0.4 is 5.32 Å². The van der Waals surface area contributed by atoms with Gasteiger partial charge in [-0.25, -0.2) is 8.42 Å². The molecule has 2 atom stereocenters. The first-order valence-corrected chi connectivity index (χ1v) is 8.10. The van der Waals surface area contributed by atoms with Crippen molar-refractivity contribution < 1.29 is 8.42 Å². The fourth-order valence-electron chi connectivity index (χ4n) is 2.73. The van der Waals surface area contributed by atoms with Gasteiger partial charge in [-0.3, -0.25) is 4.68 Å². The van der Waals surface area contributed by atoms with Crippen LogP contribution in [0.2, 0.25) is 0 Å².